The molecule has 0 aliphatic rings. The molecule has 0 saturated carbocycles. The second kappa shape index (κ2) is 6.34. The number of carboxylic acid groups (broad SMARTS) is 1. The minimum atomic E-state index is -5.08. The van der Waals surface area contributed by atoms with Crippen LogP contribution in [0.15, 0.2) is 0 Å². The van der Waals surface area contributed by atoms with Gasteiger partial charge in [-0.05, 0) is 20.8 Å². The van der Waals surface area contributed by atoms with Crippen molar-refractivity contribution in [1.82, 2.24) is 0 Å². The molecule has 0 fully saturated rings. The van der Waals surface area contributed by atoms with E-state index in [1.165, 1.54) is 0 Å². The van der Waals surface area contributed by atoms with Crippen LogP contribution in [0.2, 0.25) is 0 Å². The average Bonchev–Trinajstić information content (AvgIpc) is 2.00. The highest BCUT2D eigenvalue weighted by atomic mass is 19.4. The van der Waals surface area contributed by atoms with Crippen molar-refractivity contribution in [2.45, 2.75) is 45.9 Å². The van der Waals surface area contributed by atoms with Gasteiger partial charge in [0.1, 0.15) is 5.60 Å². The molecular formula is C9H15F3O4. The predicted octanol–water partition coefficient (Wildman–Crippen LogP) is 2.37. The van der Waals surface area contributed by atoms with E-state index < -0.39 is 12.1 Å². The van der Waals surface area contributed by atoms with E-state index in [0.717, 1.165) is 0 Å². The Labute approximate surface area is 91.4 Å². The van der Waals surface area contributed by atoms with Crippen molar-refractivity contribution in [3.8, 4) is 0 Å². The number of halogens is 3. The van der Waals surface area contributed by atoms with E-state index in [1.807, 2.05) is 20.8 Å². The predicted molar refractivity (Wildman–Crippen MR) is 49.8 cm³/mol. The van der Waals surface area contributed by atoms with Gasteiger partial charge in [0.25, 0.3) is 0 Å². The molecule has 0 heterocycles. The summed E-state index contributed by atoms with van der Waals surface area (Å²) in [6.07, 6.45) is -4.63. The van der Waals surface area contributed by atoms with Crippen LogP contribution in [-0.4, -0.2) is 28.8 Å². The fraction of sp³-hybridized carbons (Fsp3) is 0.778. The number of ether oxygens (including phenoxy) is 1. The van der Waals surface area contributed by atoms with Crippen LogP contribution in [0.5, 0.6) is 0 Å². The van der Waals surface area contributed by atoms with E-state index in [4.69, 9.17) is 14.6 Å². The normalized spacial score (nSPS) is 11.2. The molecule has 7 heteroatoms. The zero-order valence-electron chi connectivity index (χ0n) is 9.51. The molecule has 0 aromatic carbocycles. The minimum absolute atomic E-state index is 0.137. The molecule has 0 rings (SSSR count). The summed E-state index contributed by atoms with van der Waals surface area (Å²) in [7, 11) is 0. The Morgan fingerprint density at radius 1 is 1.19 bits per heavy atom. The van der Waals surface area contributed by atoms with E-state index in [2.05, 4.69) is 0 Å². The lowest BCUT2D eigenvalue weighted by molar-refractivity contribution is -0.192. The number of carboxylic acids is 1. The molecule has 4 nitrogen and oxygen atoms in total. The first-order chi connectivity index (χ1) is 6.90. The molecule has 16 heavy (non-hydrogen) atoms. The standard InChI is InChI=1S/C7H14O2.C2HF3O2/c1-5-6(8)9-7(2,3)4;3-2(4,5)1(6)7/h5H2,1-4H3;(H,6,7). The molecule has 0 unspecified atom stereocenters. The molecule has 1 N–H and O–H groups in total. The highest BCUT2D eigenvalue weighted by Gasteiger charge is 2.38. The summed E-state index contributed by atoms with van der Waals surface area (Å²) in [5.41, 5.74) is -0.326. The van der Waals surface area contributed by atoms with Gasteiger partial charge in [0.05, 0.1) is 0 Å². The molecule has 0 bridgehead atoms. The molecule has 0 spiro atoms. The van der Waals surface area contributed by atoms with Gasteiger partial charge in [-0.25, -0.2) is 4.79 Å². The summed E-state index contributed by atoms with van der Waals surface area (Å²) in [5.74, 6) is -2.89. The molecule has 0 radical (unpaired) electrons. The lowest BCUT2D eigenvalue weighted by Crippen LogP contribution is -2.23. The van der Waals surface area contributed by atoms with E-state index in [0.29, 0.717) is 6.42 Å². The second-order valence-corrected chi connectivity index (χ2v) is 3.74. The van der Waals surface area contributed by atoms with Crippen LogP contribution >= 0.6 is 0 Å². The fourth-order valence-electron chi connectivity index (χ4n) is 0.414. The maximum atomic E-state index is 10.6. The van der Waals surface area contributed by atoms with E-state index in [1.54, 1.807) is 6.92 Å². The van der Waals surface area contributed by atoms with Gasteiger partial charge in [-0.15, -0.1) is 0 Å². The maximum Gasteiger partial charge on any atom is 0.490 e. The summed E-state index contributed by atoms with van der Waals surface area (Å²) in [5, 5.41) is 7.12. The topological polar surface area (TPSA) is 63.6 Å². The Morgan fingerprint density at radius 3 is 1.56 bits per heavy atom. The van der Waals surface area contributed by atoms with Crippen molar-refractivity contribution >= 4 is 11.9 Å². The molecule has 0 aliphatic carbocycles. The van der Waals surface area contributed by atoms with Gasteiger partial charge in [-0.2, -0.15) is 13.2 Å². The van der Waals surface area contributed by atoms with Gasteiger partial charge in [-0.1, -0.05) is 6.92 Å². The van der Waals surface area contributed by atoms with Crippen molar-refractivity contribution in [1.29, 1.82) is 0 Å². The maximum absolute atomic E-state index is 10.6. The largest absolute Gasteiger partial charge is 0.490 e. The zero-order chi connectivity index (χ0) is 13.6. The lowest BCUT2D eigenvalue weighted by Gasteiger charge is -2.18. The van der Waals surface area contributed by atoms with Crippen molar-refractivity contribution in [3.05, 3.63) is 0 Å². The van der Waals surface area contributed by atoms with Crippen LogP contribution in [0.4, 0.5) is 13.2 Å². The number of alkyl halides is 3. The summed E-state index contributed by atoms with van der Waals surface area (Å²) in [6, 6.07) is 0. The highest BCUT2D eigenvalue weighted by Crippen LogP contribution is 2.13. The third-order valence-electron chi connectivity index (χ3n) is 0.951. The summed E-state index contributed by atoms with van der Waals surface area (Å²) in [4.78, 5) is 19.5. The summed E-state index contributed by atoms with van der Waals surface area (Å²) in [6.45, 7) is 7.37. The Morgan fingerprint density at radius 2 is 1.50 bits per heavy atom. The van der Waals surface area contributed by atoms with Gasteiger partial charge in [-0.3, -0.25) is 4.79 Å². The van der Waals surface area contributed by atoms with Crippen LogP contribution in [0, 0.1) is 0 Å². The first-order valence-corrected chi connectivity index (χ1v) is 4.42. The average molecular weight is 244 g/mol. The van der Waals surface area contributed by atoms with Crippen LogP contribution in [0.1, 0.15) is 34.1 Å². The highest BCUT2D eigenvalue weighted by molar-refractivity contribution is 5.73. The molecule has 96 valence electrons. The van der Waals surface area contributed by atoms with Crippen molar-refractivity contribution < 1.29 is 32.6 Å². The number of esters is 1. The van der Waals surface area contributed by atoms with Crippen LogP contribution < -0.4 is 0 Å². The third-order valence-corrected chi connectivity index (χ3v) is 0.951. The second-order valence-electron chi connectivity index (χ2n) is 3.74. The molecule has 0 aromatic rings. The van der Waals surface area contributed by atoms with E-state index in [-0.39, 0.29) is 11.6 Å². The van der Waals surface area contributed by atoms with Gasteiger partial charge in [0.15, 0.2) is 0 Å². The minimum Gasteiger partial charge on any atom is -0.475 e. The third kappa shape index (κ3) is 12.7. The summed E-state index contributed by atoms with van der Waals surface area (Å²) >= 11 is 0. The first kappa shape index (κ1) is 17.1. The molecule has 0 aromatic heterocycles. The number of rotatable bonds is 1. The number of hydrogen-bond donors (Lipinski definition) is 1. The van der Waals surface area contributed by atoms with Crippen molar-refractivity contribution in [2.24, 2.45) is 0 Å². The summed E-state index contributed by atoms with van der Waals surface area (Å²) < 4.78 is 36.7. The molecule has 0 saturated heterocycles. The van der Waals surface area contributed by atoms with Gasteiger partial charge in [0, 0.05) is 6.42 Å². The van der Waals surface area contributed by atoms with Crippen LogP contribution in [0.3, 0.4) is 0 Å². The quantitative estimate of drug-likeness (QED) is 0.719. The smallest absolute Gasteiger partial charge is 0.475 e. The molecule has 0 aliphatic heterocycles. The van der Waals surface area contributed by atoms with Crippen LogP contribution in [-0.2, 0) is 14.3 Å². The number of aliphatic carboxylic acids is 1. The number of carbonyl (C=O) groups excluding carboxylic acids is 1. The fourth-order valence-corrected chi connectivity index (χ4v) is 0.414. The van der Waals surface area contributed by atoms with E-state index in [9.17, 15) is 18.0 Å². The Balaban J connectivity index is 0. The number of carbonyl (C=O) groups is 2. The van der Waals surface area contributed by atoms with Crippen LogP contribution in [0.25, 0.3) is 0 Å². The van der Waals surface area contributed by atoms with Gasteiger partial charge >= 0.3 is 18.1 Å². The SMILES string of the molecule is CCC(=O)OC(C)(C)C.O=C(O)C(F)(F)F. The molecule has 0 amide bonds. The molecule has 0 atom stereocenters. The van der Waals surface area contributed by atoms with Crippen molar-refractivity contribution in [3.63, 3.8) is 0 Å². The molecular weight excluding hydrogens is 229 g/mol. The van der Waals surface area contributed by atoms with Crippen molar-refractivity contribution in [2.75, 3.05) is 0 Å². The number of hydrogen-bond acceptors (Lipinski definition) is 3. The first-order valence-electron chi connectivity index (χ1n) is 4.42. The lowest BCUT2D eigenvalue weighted by atomic mass is 10.2. The van der Waals surface area contributed by atoms with Gasteiger partial charge < -0.3 is 9.84 Å². The van der Waals surface area contributed by atoms with E-state index >= 15 is 0 Å². The monoisotopic (exact) mass is 244 g/mol. The Hall–Kier alpha value is -1.27. The zero-order valence-corrected chi connectivity index (χ0v) is 9.51. The van der Waals surface area contributed by atoms with Gasteiger partial charge in [0.2, 0.25) is 0 Å². The Kier molecular flexibility index (Phi) is 6.79. The Bertz CT molecular complexity index is 240.